The van der Waals surface area contributed by atoms with Crippen LogP contribution < -0.4 is 52.3 Å². The average molecular weight is 606 g/mol. The van der Waals surface area contributed by atoms with E-state index in [1.807, 2.05) is 73.7 Å². The summed E-state index contributed by atoms with van der Waals surface area (Å²) in [7, 11) is 0. The zero-order chi connectivity index (χ0) is 30.6. The standard InChI is InChI=1S/C36H34NO5S.2Li/c1-5-25-9-15-31(21-33(25)35(38)26-7-6-20-37-23-26)41-29-16-10-27(11-17-29)36(3,4)28-12-18-30(19-13-28)42-32-14-8-24(2)34(22-32)43(39)40;;/h6-23,35H,5H2,1-4H3,(H,39,40);;/q-1;2*+1/p-1. The molecule has 2 unspecified atom stereocenters. The minimum absolute atomic E-state index is 0. The van der Waals surface area contributed by atoms with Gasteiger partial charge in [-0.15, -0.1) is 0 Å². The third-order valence-corrected chi connectivity index (χ3v) is 8.53. The SMILES string of the molecule is CCc1ccc(Oc2ccc(C(C)(C)c3ccc(Oc4ccc(C)c(S(=O)[O-])c4)cc3)cc2)cc1C([O-])c1cccnc1.[Li+].[Li+]. The largest absolute Gasteiger partial charge is 1.00 e. The maximum absolute atomic E-state index is 13.2. The smallest absolute Gasteiger partial charge is 0.845 e. The number of nitrogens with zero attached hydrogens (tertiary/aromatic N) is 1. The second-order valence-electron chi connectivity index (χ2n) is 10.9. The first kappa shape index (κ1) is 36.4. The summed E-state index contributed by atoms with van der Waals surface area (Å²) in [5.74, 6) is 2.37. The molecule has 0 aliphatic carbocycles. The average Bonchev–Trinajstić information content (AvgIpc) is 3.02. The first-order chi connectivity index (χ1) is 20.7. The van der Waals surface area contributed by atoms with E-state index < -0.39 is 17.2 Å². The van der Waals surface area contributed by atoms with Gasteiger partial charge in [-0.2, -0.15) is 0 Å². The number of hydrogen-bond acceptors (Lipinski definition) is 6. The van der Waals surface area contributed by atoms with E-state index >= 15 is 0 Å². The molecule has 0 N–H and O–H groups in total. The zero-order valence-electron chi connectivity index (χ0n) is 26.6. The van der Waals surface area contributed by atoms with Crippen LogP contribution in [0.25, 0.3) is 0 Å². The number of ether oxygens (including phenoxy) is 2. The van der Waals surface area contributed by atoms with Gasteiger partial charge in [-0.1, -0.05) is 74.9 Å². The Bertz CT molecular complexity index is 1730. The van der Waals surface area contributed by atoms with Gasteiger partial charge in [0, 0.05) is 22.7 Å². The summed E-state index contributed by atoms with van der Waals surface area (Å²) in [6.07, 6.45) is 2.99. The van der Waals surface area contributed by atoms with E-state index in [1.54, 1.807) is 43.6 Å². The van der Waals surface area contributed by atoms with Crippen molar-refractivity contribution in [1.29, 1.82) is 0 Å². The van der Waals surface area contributed by atoms with Gasteiger partial charge in [0.1, 0.15) is 23.0 Å². The maximum atomic E-state index is 13.2. The molecule has 1 aromatic heterocycles. The second kappa shape index (κ2) is 15.9. The Hall–Kier alpha value is -3.11. The molecule has 0 radical (unpaired) electrons. The van der Waals surface area contributed by atoms with Gasteiger partial charge >= 0.3 is 37.7 Å². The third-order valence-electron chi connectivity index (χ3n) is 7.73. The number of rotatable bonds is 10. The van der Waals surface area contributed by atoms with Gasteiger partial charge in [0.05, 0.1) is 0 Å². The Kier molecular flexibility index (Phi) is 12.9. The van der Waals surface area contributed by atoms with Crippen molar-refractivity contribution in [3.8, 4) is 23.0 Å². The molecular weight excluding hydrogens is 572 g/mol. The Morgan fingerprint density at radius 3 is 1.84 bits per heavy atom. The molecule has 5 aromatic rings. The molecule has 0 saturated carbocycles. The number of aryl methyl sites for hydroxylation is 2. The molecule has 0 amide bonds. The van der Waals surface area contributed by atoms with Crippen LogP contribution in [0.2, 0.25) is 0 Å². The molecule has 4 aromatic carbocycles. The van der Waals surface area contributed by atoms with Crippen LogP contribution in [0.15, 0.2) is 114 Å². The van der Waals surface area contributed by atoms with Crippen molar-refractivity contribution in [2.45, 2.75) is 50.5 Å². The van der Waals surface area contributed by atoms with Crippen molar-refractivity contribution in [3.63, 3.8) is 0 Å². The summed E-state index contributed by atoms with van der Waals surface area (Å²) in [6.45, 7) is 8.09. The van der Waals surface area contributed by atoms with Crippen molar-refractivity contribution in [1.82, 2.24) is 4.98 Å². The van der Waals surface area contributed by atoms with E-state index in [2.05, 4.69) is 18.8 Å². The molecule has 9 heteroatoms. The molecule has 0 aliphatic rings. The first-order valence-corrected chi connectivity index (χ1v) is 15.2. The van der Waals surface area contributed by atoms with Crippen molar-refractivity contribution in [3.05, 3.63) is 143 Å². The summed E-state index contributed by atoms with van der Waals surface area (Å²) in [4.78, 5) is 4.32. The monoisotopic (exact) mass is 605 g/mol. The zero-order valence-corrected chi connectivity index (χ0v) is 27.4. The third kappa shape index (κ3) is 8.58. The Morgan fingerprint density at radius 1 is 0.800 bits per heavy atom. The van der Waals surface area contributed by atoms with Gasteiger partial charge in [0.2, 0.25) is 0 Å². The van der Waals surface area contributed by atoms with Crippen LogP contribution in [0.3, 0.4) is 0 Å². The fourth-order valence-corrected chi connectivity index (χ4v) is 5.60. The van der Waals surface area contributed by atoms with Crippen LogP contribution in [-0.4, -0.2) is 13.7 Å². The summed E-state index contributed by atoms with van der Waals surface area (Å²) in [6, 6.07) is 30.0. The van der Waals surface area contributed by atoms with Crippen LogP contribution in [0, 0.1) is 6.92 Å². The predicted molar refractivity (Wildman–Crippen MR) is 165 cm³/mol. The minimum Gasteiger partial charge on any atom is -0.845 e. The molecule has 45 heavy (non-hydrogen) atoms. The molecule has 0 spiro atoms. The molecule has 0 fully saturated rings. The maximum Gasteiger partial charge on any atom is 1.00 e. The number of benzene rings is 4. The normalized spacial score (nSPS) is 12.3. The van der Waals surface area contributed by atoms with Gasteiger partial charge in [-0.3, -0.25) is 9.19 Å². The fourth-order valence-electron chi connectivity index (χ4n) is 5.05. The van der Waals surface area contributed by atoms with Gasteiger partial charge in [-0.05, 0) is 107 Å². The first-order valence-electron chi connectivity index (χ1n) is 14.1. The minimum atomic E-state index is -2.32. The van der Waals surface area contributed by atoms with Gasteiger partial charge < -0.3 is 19.1 Å². The molecule has 0 saturated heterocycles. The number of hydrogen-bond donors (Lipinski definition) is 0. The van der Waals surface area contributed by atoms with E-state index in [0.717, 1.165) is 23.1 Å². The van der Waals surface area contributed by atoms with Gasteiger partial charge in [0.15, 0.2) is 0 Å². The van der Waals surface area contributed by atoms with E-state index in [-0.39, 0.29) is 48.0 Å². The van der Waals surface area contributed by atoms with Crippen molar-refractivity contribution in [2.24, 2.45) is 0 Å². The Labute approximate surface area is 291 Å². The molecule has 5 rings (SSSR count). The van der Waals surface area contributed by atoms with Crippen LogP contribution >= 0.6 is 0 Å². The molecule has 1 heterocycles. The topological polar surface area (TPSA) is 94.5 Å². The Balaban J connectivity index is 0.00000276. The van der Waals surface area contributed by atoms with Crippen LogP contribution in [0.1, 0.15) is 60.3 Å². The molecule has 0 aliphatic heterocycles. The second-order valence-corrected chi connectivity index (χ2v) is 11.8. The van der Waals surface area contributed by atoms with Crippen LogP contribution in [0.4, 0.5) is 0 Å². The van der Waals surface area contributed by atoms with Crippen molar-refractivity contribution < 1.29 is 61.1 Å². The molecule has 2 atom stereocenters. The molecule has 6 nitrogen and oxygen atoms in total. The summed E-state index contributed by atoms with van der Waals surface area (Å²) in [5.41, 5.74) is 4.88. The molecule has 0 bridgehead atoms. The van der Waals surface area contributed by atoms with Gasteiger partial charge in [0.25, 0.3) is 0 Å². The fraction of sp³-hybridized carbons (Fsp3) is 0.194. The van der Waals surface area contributed by atoms with Crippen molar-refractivity contribution >= 4 is 11.1 Å². The number of pyridine rings is 1. The van der Waals surface area contributed by atoms with Crippen LogP contribution in [-0.2, 0) is 22.9 Å². The van der Waals surface area contributed by atoms with E-state index in [9.17, 15) is 13.9 Å². The van der Waals surface area contributed by atoms with E-state index in [4.69, 9.17) is 9.47 Å². The summed E-state index contributed by atoms with van der Waals surface area (Å²) >= 11 is -2.32. The molecule has 220 valence electrons. The Morgan fingerprint density at radius 2 is 1.33 bits per heavy atom. The van der Waals surface area contributed by atoms with Crippen LogP contribution in [0.5, 0.6) is 23.0 Å². The van der Waals surface area contributed by atoms with Crippen molar-refractivity contribution in [2.75, 3.05) is 0 Å². The summed E-state index contributed by atoms with van der Waals surface area (Å²) in [5, 5.41) is 13.2. The van der Waals surface area contributed by atoms with Gasteiger partial charge in [-0.25, -0.2) is 0 Å². The number of aromatic nitrogens is 1. The quantitative estimate of drug-likeness (QED) is 0.177. The summed E-state index contributed by atoms with van der Waals surface area (Å²) < 4.78 is 35.0. The van der Waals surface area contributed by atoms with E-state index in [0.29, 0.717) is 39.7 Å². The predicted octanol–water partition coefficient (Wildman–Crippen LogP) is 1.56. The molecular formula is C36H33Li2NO5S. The van der Waals surface area contributed by atoms with E-state index in [1.165, 1.54) is 6.07 Å².